The topological polar surface area (TPSA) is 80.8 Å². The summed E-state index contributed by atoms with van der Waals surface area (Å²) in [5.41, 5.74) is 0.275. The Morgan fingerprint density at radius 1 is 0.794 bits per heavy atom. The lowest BCUT2D eigenvalue weighted by molar-refractivity contribution is -0.127. The summed E-state index contributed by atoms with van der Waals surface area (Å²) in [6, 6.07) is 20.7. The Morgan fingerprint density at radius 2 is 1.38 bits per heavy atom. The molecule has 3 aromatic rings. The summed E-state index contributed by atoms with van der Waals surface area (Å²) in [5.74, 6) is -4.48. The number of para-hydroxylation sites is 1. The van der Waals surface area contributed by atoms with Crippen LogP contribution >= 0.6 is 15.9 Å². The second kappa shape index (κ2) is 7.29. The van der Waals surface area contributed by atoms with Crippen LogP contribution in [0.1, 0.15) is 37.9 Å². The molecular weight excluding hydrogens is 498 g/mol. The van der Waals surface area contributed by atoms with Gasteiger partial charge in [-0.2, -0.15) is 0 Å². The number of imide groups is 1. The molecule has 3 atom stereocenters. The number of hydrogen-bond acceptors (Lipinski definition) is 5. The largest absolute Gasteiger partial charge is 0.349 e. The molecule has 0 N–H and O–H groups in total. The van der Waals surface area contributed by atoms with Gasteiger partial charge in [-0.1, -0.05) is 60.7 Å². The summed E-state index contributed by atoms with van der Waals surface area (Å²) in [6.07, 6.45) is -0.919. The maximum atomic E-state index is 13.9. The van der Waals surface area contributed by atoms with Crippen LogP contribution in [0.25, 0.3) is 0 Å². The molecular formula is C27H18BrNO5. The molecule has 2 amide bonds. The van der Waals surface area contributed by atoms with E-state index in [1.807, 2.05) is 31.2 Å². The zero-order valence-electron chi connectivity index (χ0n) is 18.0. The fourth-order valence-corrected chi connectivity index (χ4v) is 6.04. The number of carbonyl (C=O) groups is 4. The van der Waals surface area contributed by atoms with Gasteiger partial charge in [0.1, 0.15) is 0 Å². The molecule has 0 radical (unpaired) electrons. The molecule has 3 aliphatic rings. The fraction of sp³-hybridized carbons (Fsp3) is 0.185. The highest BCUT2D eigenvalue weighted by molar-refractivity contribution is 9.10. The number of aryl methyl sites for hydroxylation is 1. The van der Waals surface area contributed by atoms with Crippen LogP contribution < -0.4 is 4.90 Å². The number of rotatable bonds is 2. The maximum absolute atomic E-state index is 13.9. The van der Waals surface area contributed by atoms with Crippen LogP contribution in [-0.4, -0.2) is 29.0 Å². The van der Waals surface area contributed by atoms with E-state index in [4.69, 9.17) is 4.74 Å². The van der Waals surface area contributed by atoms with Gasteiger partial charge in [-0.15, -0.1) is 0 Å². The molecule has 0 bridgehead atoms. The van der Waals surface area contributed by atoms with Crippen LogP contribution in [0.2, 0.25) is 0 Å². The van der Waals surface area contributed by atoms with E-state index in [1.165, 1.54) is 0 Å². The number of ketones is 2. The van der Waals surface area contributed by atoms with Crippen LogP contribution in [-0.2, 0) is 14.3 Å². The van der Waals surface area contributed by atoms with Gasteiger partial charge in [0, 0.05) is 15.6 Å². The monoisotopic (exact) mass is 515 g/mol. The lowest BCUT2D eigenvalue weighted by atomic mass is 9.77. The first-order chi connectivity index (χ1) is 16.4. The molecule has 1 spiro atoms. The number of amides is 2. The molecule has 0 saturated carbocycles. The summed E-state index contributed by atoms with van der Waals surface area (Å²) in [5, 5.41) is 0. The Bertz CT molecular complexity index is 1390. The van der Waals surface area contributed by atoms with Gasteiger partial charge in [-0.05, 0) is 46.1 Å². The van der Waals surface area contributed by atoms with Gasteiger partial charge < -0.3 is 4.74 Å². The highest BCUT2D eigenvalue weighted by atomic mass is 79.9. The van der Waals surface area contributed by atoms with Gasteiger partial charge in [-0.3, -0.25) is 19.2 Å². The highest BCUT2D eigenvalue weighted by Crippen LogP contribution is 2.58. The van der Waals surface area contributed by atoms with E-state index in [0.717, 1.165) is 10.5 Å². The van der Waals surface area contributed by atoms with Gasteiger partial charge >= 0.3 is 0 Å². The quantitative estimate of drug-likeness (QED) is 0.372. The van der Waals surface area contributed by atoms with Crippen molar-refractivity contribution in [2.45, 2.75) is 18.6 Å². The van der Waals surface area contributed by atoms with Crippen molar-refractivity contribution in [3.05, 3.63) is 99.5 Å². The van der Waals surface area contributed by atoms with Crippen molar-refractivity contribution in [3.8, 4) is 0 Å². The van der Waals surface area contributed by atoms with Crippen LogP contribution in [0.15, 0.2) is 77.3 Å². The lowest BCUT2D eigenvalue weighted by Gasteiger charge is -2.28. The predicted octanol–water partition coefficient (Wildman–Crippen LogP) is 4.45. The average molecular weight is 516 g/mol. The number of Topliss-reactive ketones (excluding diaryl/α,β-unsaturated/α-hetero) is 2. The second-order valence-corrected chi connectivity index (χ2v) is 9.66. The van der Waals surface area contributed by atoms with E-state index in [0.29, 0.717) is 15.7 Å². The predicted molar refractivity (Wildman–Crippen MR) is 126 cm³/mol. The zero-order valence-corrected chi connectivity index (χ0v) is 19.6. The fourth-order valence-electron chi connectivity index (χ4n) is 5.58. The molecule has 0 unspecified atom stereocenters. The van der Waals surface area contributed by atoms with Gasteiger partial charge in [0.05, 0.1) is 23.6 Å². The van der Waals surface area contributed by atoms with Gasteiger partial charge in [0.2, 0.25) is 29.0 Å². The molecule has 2 fully saturated rings. The number of carbonyl (C=O) groups excluding carboxylic acids is 4. The first-order valence-electron chi connectivity index (χ1n) is 10.9. The first-order valence-corrected chi connectivity index (χ1v) is 11.7. The van der Waals surface area contributed by atoms with E-state index in [9.17, 15) is 19.2 Å². The number of benzene rings is 3. The molecule has 3 aromatic carbocycles. The Balaban J connectivity index is 1.58. The molecule has 34 heavy (non-hydrogen) atoms. The normalized spacial score (nSPS) is 24.8. The van der Waals surface area contributed by atoms with Crippen molar-refractivity contribution in [1.82, 2.24) is 0 Å². The minimum atomic E-state index is -2.07. The molecule has 0 aromatic heterocycles. The summed E-state index contributed by atoms with van der Waals surface area (Å²) in [7, 11) is 0. The number of fused-ring (bicyclic) bond motifs is 3. The third-order valence-electron chi connectivity index (χ3n) is 7.11. The smallest absolute Gasteiger partial charge is 0.241 e. The van der Waals surface area contributed by atoms with Crippen molar-refractivity contribution in [2.75, 3.05) is 4.90 Å². The summed E-state index contributed by atoms with van der Waals surface area (Å²) in [4.78, 5) is 56.4. The molecule has 2 saturated heterocycles. The first kappa shape index (κ1) is 21.1. The van der Waals surface area contributed by atoms with E-state index < -0.39 is 46.9 Å². The molecule has 2 aliphatic heterocycles. The van der Waals surface area contributed by atoms with E-state index >= 15 is 0 Å². The van der Waals surface area contributed by atoms with Crippen molar-refractivity contribution < 1.29 is 23.9 Å². The summed E-state index contributed by atoms with van der Waals surface area (Å²) in [6.45, 7) is 1.87. The van der Waals surface area contributed by atoms with Gasteiger partial charge in [0.25, 0.3) is 0 Å². The minimum absolute atomic E-state index is 0.219. The van der Waals surface area contributed by atoms with Crippen molar-refractivity contribution in [1.29, 1.82) is 0 Å². The molecule has 6 rings (SSSR count). The van der Waals surface area contributed by atoms with E-state index in [1.54, 1.807) is 48.5 Å². The van der Waals surface area contributed by atoms with Gasteiger partial charge in [-0.25, -0.2) is 4.90 Å². The average Bonchev–Trinajstić information content (AvgIpc) is 3.40. The van der Waals surface area contributed by atoms with Crippen molar-refractivity contribution in [2.24, 2.45) is 11.8 Å². The number of anilines is 1. The molecule has 2 heterocycles. The van der Waals surface area contributed by atoms with E-state index in [-0.39, 0.29) is 11.1 Å². The zero-order chi connectivity index (χ0) is 23.8. The minimum Gasteiger partial charge on any atom is -0.349 e. The number of hydrogen-bond donors (Lipinski definition) is 0. The third-order valence-corrected chi connectivity index (χ3v) is 7.78. The van der Waals surface area contributed by atoms with Crippen LogP contribution in [0.4, 0.5) is 5.69 Å². The third kappa shape index (κ3) is 2.54. The Hall–Kier alpha value is -3.42. The number of nitrogens with zero attached hydrogens (tertiary/aromatic N) is 1. The molecule has 7 heteroatoms. The number of halogens is 1. The Labute approximate surface area is 203 Å². The summed E-state index contributed by atoms with van der Waals surface area (Å²) < 4.78 is 6.89. The Morgan fingerprint density at radius 3 is 2.03 bits per heavy atom. The lowest BCUT2D eigenvalue weighted by Crippen LogP contribution is -2.51. The number of ether oxygens (including phenoxy) is 1. The van der Waals surface area contributed by atoms with Crippen LogP contribution in [0.3, 0.4) is 0 Å². The van der Waals surface area contributed by atoms with Crippen LogP contribution in [0, 0.1) is 18.8 Å². The summed E-state index contributed by atoms with van der Waals surface area (Å²) >= 11 is 3.42. The SMILES string of the molecule is Cc1ccccc1[C@H]1OC2(C(=O)c3ccccc3C2=O)[C@H]2C(=O)N(c3ccccc3Br)C(=O)[C@H]12. The Kier molecular flexibility index (Phi) is 4.53. The molecule has 6 nitrogen and oxygen atoms in total. The van der Waals surface area contributed by atoms with Crippen molar-refractivity contribution >= 4 is 45.0 Å². The van der Waals surface area contributed by atoms with Gasteiger partial charge in [0.15, 0.2) is 0 Å². The second-order valence-electron chi connectivity index (χ2n) is 8.80. The molecule has 168 valence electrons. The maximum Gasteiger partial charge on any atom is 0.241 e. The standard InChI is InChI=1S/C27H18BrNO5/c1-14-8-2-3-9-15(14)22-20-21(26(33)29(25(20)32)19-13-7-6-12-18(19)28)27(34-22)23(30)16-10-4-5-11-17(16)24(27)31/h2-13,20-22H,1H3/t20-,21+,22+/m0/s1. The molecule has 1 aliphatic carbocycles. The van der Waals surface area contributed by atoms with E-state index in [2.05, 4.69) is 15.9 Å². The van der Waals surface area contributed by atoms with Crippen molar-refractivity contribution in [3.63, 3.8) is 0 Å². The highest BCUT2D eigenvalue weighted by Gasteiger charge is 2.74. The van der Waals surface area contributed by atoms with Crippen LogP contribution in [0.5, 0.6) is 0 Å².